The summed E-state index contributed by atoms with van der Waals surface area (Å²) >= 11 is 5.97. The topological polar surface area (TPSA) is 37.3 Å². The first kappa shape index (κ1) is 10.2. The van der Waals surface area contributed by atoms with Crippen LogP contribution in [-0.2, 0) is 10.2 Å². The van der Waals surface area contributed by atoms with Gasteiger partial charge in [-0.2, -0.15) is 0 Å². The molecule has 16 heavy (non-hydrogen) atoms. The summed E-state index contributed by atoms with van der Waals surface area (Å²) in [6.07, 6.45) is 4.17. The van der Waals surface area contributed by atoms with Gasteiger partial charge in [-0.1, -0.05) is 17.7 Å². The summed E-state index contributed by atoms with van der Waals surface area (Å²) in [6.45, 7) is 0. The van der Waals surface area contributed by atoms with Crippen molar-refractivity contribution in [3.63, 3.8) is 0 Å². The molecule has 0 radical (unpaired) electrons. The van der Waals surface area contributed by atoms with Gasteiger partial charge in [-0.25, -0.2) is 0 Å². The molecule has 1 fully saturated rings. The fraction of sp³-hybridized carbons (Fsp3) is 0.462. The van der Waals surface area contributed by atoms with Crippen molar-refractivity contribution in [3.05, 3.63) is 34.3 Å². The minimum absolute atomic E-state index is 0.297. The molecule has 0 saturated heterocycles. The molecule has 1 N–H and O–H groups in total. The maximum atomic E-state index is 11.2. The van der Waals surface area contributed by atoms with E-state index in [-0.39, 0.29) is 5.92 Å². The Labute approximate surface area is 99.2 Å². The molecule has 1 saturated carbocycles. The van der Waals surface area contributed by atoms with E-state index >= 15 is 0 Å². The van der Waals surface area contributed by atoms with Crippen LogP contribution in [0, 0.1) is 0 Å². The molecule has 2 nitrogen and oxygen atoms in total. The van der Waals surface area contributed by atoms with Crippen molar-refractivity contribution >= 4 is 17.6 Å². The quantitative estimate of drug-likeness (QED) is 0.812. The summed E-state index contributed by atoms with van der Waals surface area (Å²) in [5, 5.41) is 9.86. The molecule has 3 rings (SSSR count). The zero-order chi connectivity index (χ0) is 11.3. The van der Waals surface area contributed by atoms with E-state index in [1.165, 1.54) is 18.4 Å². The number of carboxylic acid groups (broad SMARTS) is 1. The molecule has 0 aromatic heterocycles. The Morgan fingerprint density at radius 2 is 2.12 bits per heavy atom. The number of halogens is 1. The van der Waals surface area contributed by atoms with Crippen molar-refractivity contribution in [1.82, 2.24) is 0 Å². The van der Waals surface area contributed by atoms with E-state index in [4.69, 9.17) is 11.6 Å². The molecule has 3 heteroatoms. The molecule has 2 aliphatic rings. The van der Waals surface area contributed by atoms with Crippen LogP contribution >= 0.6 is 11.6 Å². The second-order valence-corrected chi connectivity index (χ2v) is 5.38. The lowest BCUT2D eigenvalue weighted by Gasteiger charge is -2.29. The minimum Gasteiger partial charge on any atom is -0.481 e. The highest BCUT2D eigenvalue weighted by Gasteiger charge is 2.49. The molecular formula is C13H13ClO2. The number of aliphatic carboxylic acids is 1. The fourth-order valence-corrected chi connectivity index (χ4v) is 3.12. The summed E-state index contributed by atoms with van der Waals surface area (Å²) in [5.74, 6) is -1.08. The summed E-state index contributed by atoms with van der Waals surface area (Å²) in [4.78, 5) is 11.2. The van der Waals surface area contributed by atoms with E-state index in [0.29, 0.717) is 10.4 Å². The smallest absolute Gasteiger partial charge is 0.310 e. The van der Waals surface area contributed by atoms with Gasteiger partial charge in [0.2, 0.25) is 0 Å². The van der Waals surface area contributed by atoms with Gasteiger partial charge in [0.15, 0.2) is 0 Å². The van der Waals surface area contributed by atoms with Crippen molar-refractivity contribution in [2.45, 2.75) is 37.0 Å². The summed E-state index contributed by atoms with van der Waals surface area (Å²) in [6, 6.07) is 5.75. The fourth-order valence-electron chi connectivity index (χ4n) is 2.94. The van der Waals surface area contributed by atoms with Crippen molar-refractivity contribution in [2.24, 2.45) is 0 Å². The molecule has 2 aliphatic carbocycles. The Morgan fingerprint density at radius 1 is 1.38 bits per heavy atom. The van der Waals surface area contributed by atoms with Crippen molar-refractivity contribution in [1.29, 1.82) is 0 Å². The van der Waals surface area contributed by atoms with Crippen LogP contribution in [0.2, 0.25) is 5.02 Å². The number of rotatable bonds is 1. The van der Waals surface area contributed by atoms with Crippen molar-refractivity contribution in [2.75, 3.05) is 0 Å². The zero-order valence-electron chi connectivity index (χ0n) is 8.87. The third-order valence-corrected chi connectivity index (χ3v) is 4.26. The summed E-state index contributed by atoms with van der Waals surface area (Å²) in [5.41, 5.74) is 2.48. The van der Waals surface area contributed by atoms with Crippen LogP contribution in [0.1, 0.15) is 42.7 Å². The zero-order valence-corrected chi connectivity index (χ0v) is 9.63. The number of benzene rings is 1. The highest BCUT2D eigenvalue weighted by Crippen LogP contribution is 2.57. The predicted octanol–water partition coefficient (Wildman–Crippen LogP) is 3.33. The Kier molecular flexibility index (Phi) is 2.05. The van der Waals surface area contributed by atoms with E-state index < -0.39 is 5.97 Å². The Morgan fingerprint density at radius 3 is 2.75 bits per heavy atom. The molecule has 0 amide bonds. The Bertz CT molecular complexity index is 463. The van der Waals surface area contributed by atoms with Crippen LogP contribution < -0.4 is 0 Å². The number of hydrogen-bond acceptors (Lipinski definition) is 1. The first-order valence-electron chi connectivity index (χ1n) is 5.65. The average Bonchev–Trinajstić information content (AvgIpc) is 2.98. The van der Waals surface area contributed by atoms with Crippen LogP contribution in [0.15, 0.2) is 18.2 Å². The van der Waals surface area contributed by atoms with Crippen LogP contribution in [-0.4, -0.2) is 11.1 Å². The average molecular weight is 237 g/mol. The number of hydrogen-bond donors (Lipinski definition) is 1. The SMILES string of the molecule is O=C(O)C1CCC2(CC2)c2ccc(Cl)cc21. The van der Waals surface area contributed by atoms with E-state index in [1.54, 1.807) is 0 Å². The third-order valence-electron chi connectivity index (χ3n) is 4.02. The monoisotopic (exact) mass is 236 g/mol. The summed E-state index contributed by atoms with van der Waals surface area (Å²) < 4.78 is 0. The van der Waals surface area contributed by atoms with E-state index in [2.05, 4.69) is 0 Å². The molecule has 1 atom stereocenters. The largest absolute Gasteiger partial charge is 0.481 e. The van der Waals surface area contributed by atoms with Crippen molar-refractivity contribution < 1.29 is 9.90 Å². The molecule has 84 valence electrons. The van der Waals surface area contributed by atoms with E-state index in [1.807, 2.05) is 18.2 Å². The third kappa shape index (κ3) is 1.36. The van der Waals surface area contributed by atoms with Gasteiger partial charge in [0.1, 0.15) is 0 Å². The highest BCUT2D eigenvalue weighted by molar-refractivity contribution is 6.30. The minimum atomic E-state index is -0.723. The van der Waals surface area contributed by atoms with E-state index in [9.17, 15) is 9.90 Å². The van der Waals surface area contributed by atoms with Gasteiger partial charge in [-0.3, -0.25) is 4.79 Å². The van der Waals surface area contributed by atoms with Crippen LogP contribution in [0.3, 0.4) is 0 Å². The Balaban J connectivity index is 2.14. The molecule has 0 aliphatic heterocycles. The maximum absolute atomic E-state index is 11.2. The lowest BCUT2D eigenvalue weighted by molar-refractivity contribution is -0.139. The molecule has 1 unspecified atom stereocenters. The van der Waals surface area contributed by atoms with Crippen LogP contribution in [0.25, 0.3) is 0 Å². The first-order chi connectivity index (χ1) is 7.62. The van der Waals surface area contributed by atoms with Gasteiger partial charge in [0, 0.05) is 5.02 Å². The Hall–Kier alpha value is -1.02. The van der Waals surface area contributed by atoms with Gasteiger partial charge in [0.05, 0.1) is 5.92 Å². The van der Waals surface area contributed by atoms with Gasteiger partial charge < -0.3 is 5.11 Å². The van der Waals surface area contributed by atoms with Gasteiger partial charge >= 0.3 is 5.97 Å². The van der Waals surface area contributed by atoms with E-state index in [0.717, 1.165) is 18.4 Å². The predicted molar refractivity (Wildman–Crippen MR) is 62.0 cm³/mol. The van der Waals surface area contributed by atoms with Crippen LogP contribution in [0.4, 0.5) is 0 Å². The molecule has 0 bridgehead atoms. The van der Waals surface area contributed by atoms with Gasteiger partial charge in [0.25, 0.3) is 0 Å². The standard InChI is InChI=1S/C13H13ClO2/c14-8-1-2-11-10(7-8)9(12(15)16)3-4-13(11)5-6-13/h1-2,7,9H,3-6H2,(H,15,16). The van der Waals surface area contributed by atoms with Crippen molar-refractivity contribution in [3.8, 4) is 0 Å². The van der Waals surface area contributed by atoms with Gasteiger partial charge in [-0.05, 0) is 54.4 Å². The lowest BCUT2D eigenvalue weighted by Crippen LogP contribution is -2.24. The molecule has 1 aromatic carbocycles. The lowest BCUT2D eigenvalue weighted by atomic mass is 9.74. The highest BCUT2D eigenvalue weighted by atomic mass is 35.5. The number of carbonyl (C=O) groups is 1. The first-order valence-corrected chi connectivity index (χ1v) is 6.03. The molecular weight excluding hydrogens is 224 g/mol. The maximum Gasteiger partial charge on any atom is 0.310 e. The second-order valence-electron chi connectivity index (χ2n) is 4.94. The van der Waals surface area contributed by atoms with Crippen LogP contribution in [0.5, 0.6) is 0 Å². The second kappa shape index (κ2) is 3.24. The number of fused-ring (bicyclic) bond motifs is 2. The molecule has 1 spiro atoms. The number of carboxylic acids is 1. The summed E-state index contributed by atoms with van der Waals surface area (Å²) in [7, 11) is 0. The van der Waals surface area contributed by atoms with Gasteiger partial charge in [-0.15, -0.1) is 0 Å². The molecule has 0 heterocycles. The normalized spacial score (nSPS) is 25.2. The molecule has 1 aromatic rings.